The summed E-state index contributed by atoms with van der Waals surface area (Å²) < 4.78 is 26.7. The summed E-state index contributed by atoms with van der Waals surface area (Å²) in [6.45, 7) is 0.233. The summed E-state index contributed by atoms with van der Waals surface area (Å²) in [4.78, 5) is 37.2. The molecule has 0 bridgehead atoms. The summed E-state index contributed by atoms with van der Waals surface area (Å²) in [6, 6.07) is 18.3. The van der Waals surface area contributed by atoms with Crippen LogP contribution in [0.25, 0.3) is 0 Å². The van der Waals surface area contributed by atoms with Crippen molar-refractivity contribution in [3.05, 3.63) is 101 Å². The first-order valence-electron chi connectivity index (χ1n) is 12.3. The minimum Gasteiger partial charge on any atom is -0.481 e. The Morgan fingerprint density at radius 2 is 1.50 bits per heavy atom. The SMILES string of the molecule is O=C(O)CCC(=O)NCc1ccc(C2C(CCC(O)c3ccc(F)cc3)C(=O)N2c2ccc(F)cc2)cc1. The minimum absolute atomic E-state index is 0.102. The third-order valence-corrected chi connectivity index (χ3v) is 6.70. The first-order chi connectivity index (χ1) is 18.2. The normalized spacial score (nSPS) is 17.6. The minimum atomic E-state index is -1.04. The van der Waals surface area contributed by atoms with Gasteiger partial charge >= 0.3 is 5.97 Å². The van der Waals surface area contributed by atoms with E-state index in [-0.39, 0.29) is 37.2 Å². The Kier molecular flexibility index (Phi) is 8.48. The van der Waals surface area contributed by atoms with E-state index >= 15 is 0 Å². The Labute approximate surface area is 218 Å². The van der Waals surface area contributed by atoms with Gasteiger partial charge in [0, 0.05) is 18.7 Å². The lowest BCUT2D eigenvalue weighted by molar-refractivity contribution is -0.138. The highest BCUT2D eigenvalue weighted by Gasteiger charge is 2.48. The zero-order valence-corrected chi connectivity index (χ0v) is 20.5. The number of β-lactam (4-membered cyclic amide) rings is 1. The van der Waals surface area contributed by atoms with E-state index < -0.39 is 29.6 Å². The number of nitrogens with zero attached hydrogens (tertiary/aromatic N) is 1. The Morgan fingerprint density at radius 1 is 0.895 bits per heavy atom. The van der Waals surface area contributed by atoms with Crippen molar-refractivity contribution in [1.82, 2.24) is 5.32 Å². The van der Waals surface area contributed by atoms with Gasteiger partial charge in [0.15, 0.2) is 0 Å². The van der Waals surface area contributed by atoms with Crippen molar-refractivity contribution in [3.8, 4) is 0 Å². The molecule has 4 rings (SSSR count). The van der Waals surface area contributed by atoms with Gasteiger partial charge in [0.2, 0.25) is 11.8 Å². The topological polar surface area (TPSA) is 107 Å². The molecule has 1 fully saturated rings. The van der Waals surface area contributed by atoms with Crippen molar-refractivity contribution in [2.45, 2.75) is 44.4 Å². The second-order valence-electron chi connectivity index (χ2n) is 9.29. The van der Waals surface area contributed by atoms with E-state index in [4.69, 9.17) is 5.11 Å². The molecule has 3 aromatic carbocycles. The van der Waals surface area contributed by atoms with E-state index in [1.807, 2.05) is 24.3 Å². The molecule has 1 saturated heterocycles. The molecule has 0 aliphatic carbocycles. The average Bonchev–Trinajstić information content (AvgIpc) is 2.91. The van der Waals surface area contributed by atoms with Gasteiger partial charge in [-0.2, -0.15) is 0 Å². The fourth-order valence-electron chi connectivity index (χ4n) is 4.63. The molecule has 0 radical (unpaired) electrons. The van der Waals surface area contributed by atoms with Crippen LogP contribution in [0, 0.1) is 17.6 Å². The van der Waals surface area contributed by atoms with Crippen molar-refractivity contribution in [1.29, 1.82) is 0 Å². The van der Waals surface area contributed by atoms with E-state index in [2.05, 4.69) is 5.32 Å². The van der Waals surface area contributed by atoms with Crippen LogP contribution < -0.4 is 10.2 Å². The van der Waals surface area contributed by atoms with E-state index in [1.54, 1.807) is 17.0 Å². The molecular formula is C29H28F2N2O5. The van der Waals surface area contributed by atoms with Crippen molar-refractivity contribution in [2.24, 2.45) is 5.92 Å². The van der Waals surface area contributed by atoms with Crippen molar-refractivity contribution in [3.63, 3.8) is 0 Å². The van der Waals surface area contributed by atoms with Gasteiger partial charge in [-0.3, -0.25) is 14.4 Å². The van der Waals surface area contributed by atoms with Crippen LogP contribution in [0.1, 0.15) is 54.5 Å². The number of anilines is 1. The Bertz CT molecular complexity index is 1280. The number of aliphatic hydroxyl groups excluding tert-OH is 1. The maximum absolute atomic E-state index is 13.5. The Balaban J connectivity index is 1.47. The van der Waals surface area contributed by atoms with Gasteiger partial charge in [0.1, 0.15) is 11.6 Å². The van der Waals surface area contributed by atoms with Crippen LogP contribution >= 0.6 is 0 Å². The lowest BCUT2D eigenvalue weighted by Crippen LogP contribution is -2.55. The van der Waals surface area contributed by atoms with Gasteiger partial charge in [-0.05, 0) is 65.9 Å². The molecule has 3 aromatic rings. The number of carboxylic acid groups (broad SMARTS) is 1. The van der Waals surface area contributed by atoms with Gasteiger partial charge in [0.05, 0.1) is 24.5 Å². The zero-order valence-electron chi connectivity index (χ0n) is 20.5. The molecule has 3 atom stereocenters. The third-order valence-electron chi connectivity index (χ3n) is 6.70. The molecule has 9 heteroatoms. The molecule has 1 aliphatic rings. The number of carbonyl (C=O) groups excluding carboxylic acids is 2. The quantitative estimate of drug-likeness (QED) is 0.318. The van der Waals surface area contributed by atoms with Crippen molar-refractivity contribution >= 4 is 23.5 Å². The molecule has 0 aromatic heterocycles. The summed E-state index contributed by atoms with van der Waals surface area (Å²) in [5, 5.41) is 22.0. The van der Waals surface area contributed by atoms with Gasteiger partial charge in [0.25, 0.3) is 0 Å². The molecular weight excluding hydrogens is 494 g/mol. The molecule has 198 valence electrons. The number of carbonyl (C=O) groups is 3. The summed E-state index contributed by atoms with van der Waals surface area (Å²) in [5.74, 6) is -2.76. The Morgan fingerprint density at radius 3 is 2.11 bits per heavy atom. The summed E-state index contributed by atoms with van der Waals surface area (Å²) >= 11 is 0. The predicted octanol–water partition coefficient (Wildman–Crippen LogP) is 4.66. The maximum Gasteiger partial charge on any atom is 0.303 e. The van der Waals surface area contributed by atoms with Gasteiger partial charge in [-0.15, -0.1) is 0 Å². The first-order valence-corrected chi connectivity index (χ1v) is 12.3. The van der Waals surface area contributed by atoms with Crippen LogP contribution in [-0.4, -0.2) is 28.0 Å². The molecule has 7 nitrogen and oxygen atoms in total. The van der Waals surface area contributed by atoms with Gasteiger partial charge in [-0.25, -0.2) is 8.78 Å². The monoisotopic (exact) mass is 522 g/mol. The number of carboxylic acids is 1. The smallest absolute Gasteiger partial charge is 0.303 e. The molecule has 0 saturated carbocycles. The number of amides is 2. The van der Waals surface area contributed by atoms with Crippen molar-refractivity contribution < 1.29 is 33.4 Å². The molecule has 0 spiro atoms. The number of benzene rings is 3. The summed E-state index contributed by atoms with van der Waals surface area (Å²) in [5.41, 5.74) is 2.78. The van der Waals surface area contributed by atoms with Crippen LogP contribution in [0.5, 0.6) is 0 Å². The number of hydrogen-bond acceptors (Lipinski definition) is 4. The van der Waals surface area contributed by atoms with E-state index in [0.29, 0.717) is 24.1 Å². The van der Waals surface area contributed by atoms with E-state index in [1.165, 1.54) is 36.4 Å². The Hall–Kier alpha value is -4.11. The van der Waals surface area contributed by atoms with Crippen LogP contribution in [0.4, 0.5) is 14.5 Å². The number of aliphatic carboxylic acids is 1. The number of hydrogen-bond donors (Lipinski definition) is 3. The van der Waals surface area contributed by atoms with Gasteiger partial charge in [-0.1, -0.05) is 36.4 Å². The molecule has 1 heterocycles. The fourth-order valence-corrected chi connectivity index (χ4v) is 4.63. The number of nitrogens with one attached hydrogen (secondary N) is 1. The molecule has 2 amide bonds. The second-order valence-corrected chi connectivity index (χ2v) is 9.29. The van der Waals surface area contributed by atoms with Crippen LogP contribution in [-0.2, 0) is 20.9 Å². The van der Waals surface area contributed by atoms with E-state index in [9.17, 15) is 28.3 Å². The average molecular weight is 523 g/mol. The van der Waals surface area contributed by atoms with Crippen molar-refractivity contribution in [2.75, 3.05) is 4.90 Å². The van der Waals surface area contributed by atoms with Gasteiger partial charge < -0.3 is 20.4 Å². The first kappa shape index (κ1) is 26.9. The van der Waals surface area contributed by atoms with Crippen LogP contribution in [0.3, 0.4) is 0 Å². The predicted molar refractivity (Wildman–Crippen MR) is 136 cm³/mol. The lowest BCUT2D eigenvalue weighted by Gasteiger charge is -2.48. The fraction of sp³-hybridized carbons (Fsp3) is 0.276. The van der Waals surface area contributed by atoms with Crippen LogP contribution in [0.15, 0.2) is 72.8 Å². The molecule has 38 heavy (non-hydrogen) atoms. The zero-order chi connectivity index (χ0) is 27.2. The standard InChI is InChI=1S/C29H28F2N2O5/c30-21-7-5-19(6-8-21)25(34)14-13-24-28(33(29(24)38)23-11-9-22(31)10-12-23)20-3-1-18(2-4-20)17-32-26(35)15-16-27(36)37/h1-12,24-25,28,34H,13-17H2,(H,32,35)(H,36,37). The largest absolute Gasteiger partial charge is 0.481 e. The highest BCUT2D eigenvalue weighted by atomic mass is 19.1. The van der Waals surface area contributed by atoms with E-state index in [0.717, 1.165) is 11.1 Å². The number of aliphatic hydroxyl groups is 1. The molecule has 3 N–H and O–H groups in total. The summed E-state index contributed by atoms with van der Waals surface area (Å²) in [6.07, 6.45) is -0.500. The molecule has 3 unspecified atom stereocenters. The maximum atomic E-state index is 13.5. The second kappa shape index (κ2) is 12.0. The number of rotatable bonds is 11. The molecule has 1 aliphatic heterocycles. The number of halogens is 2. The van der Waals surface area contributed by atoms with Crippen LogP contribution in [0.2, 0.25) is 0 Å². The summed E-state index contributed by atoms with van der Waals surface area (Å²) in [7, 11) is 0. The highest BCUT2D eigenvalue weighted by molar-refractivity contribution is 6.03. The highest BCUT2D eigenvalue weighted by Crippen LogP contribution is 2.46. The third kappa shape index (κ3) is 6.41. The lowest BCUT2D eigenvalue weighted by atomic mass is 9.78.